The highest BCUT2D eigenvalue weighted by Gasteiger charge is 2.31. The molecule has 1 aromatic carbocycles. The highest BCUT2D eigenvalue weighted by molar-refractivity contribution is 7.88. The van der Waals surface area contributed by atoms with Gasteiger partial charge in [0.1, 0.15) is 5.82 Å². The van der Waals surface area contributed by atoms with E-state index in [1.165, 1.54) is 16.6 Å². The van der Waals surface area contributed by atoms with Gasteiger partial charge in [-0.3, -0.25) is 4.79 Å². The fourth-order valence-electron chi connectivity index (χ4n) is 2.72. The first-order chi connectivity index (χ1) is 10.4. The lowest BCUT2D eigenvalue weighted by Crippen LogP contribution is -2.42. The number of nitrogens with one attached hydrogen (secondary N) is 1. The smallest absolute Gasteiger partial charge is 0.220 e. The van der Waals surface area contributed by atoms with Crippen molar-refractivity contribution < 1.29 is 17.6 Å². The van der Waals surface area contributed by atoms with Gasteiger partial charge < -0.3 is 5.32 Å². The Hall–Kier alpha value is -1.47. The molecule has 1 aliphatic heterocycles. The molecule has 122 valence electrons. The first-order valence-electron chi connectivity index (χ1n) is 7.35. The number of carbonyl (C=O) groups excluding carboxylic acids is 1. The van der Waals surface area contributed by atoms with Gasteiger partial charge in [0.05, 0.1) is 6.26 Å². The Morgan fingerprint density at radius 2 is 2.14 bits per heavy atom. The van der Waals surface area contributed by atoms with Crippen molar-refractivity contribution in [1.82, 2.24) is 9.62 Å². The molecule has 0 bridgehead atoms. The highest BCUT2D eigenvalue weighted by atomic mass is 32.2. The molecule has 0 spiro atoms. The van der Waals surface area contributed by atoms with E-state index in [0.29, 0.717) is 25.1 Å². The van der Waals surface area contributed by atoms with E-state index in [-0.39, 0.29) is 24.2 Å². The maximum atomic E-state index is 13.4. The third kappa shape index (κ3) is 4.51. The van der Waals surface area contributed by atoms with E-state index in [4.69, 9.17) is 0 Å². The van der Waals surface area contributed by atoms with Crippen LogP contribution in [-0.2, 0) is 21.2 Å². The first-order valence-corrected chi connectivity index (χ1v) is 9.19. The number of halogens is 1. The summed E-state index contributed by atoms with van der Waals surface area (Å²) in [4.78, 5) is 11.8. The van der Waals surface area contributed by atoms with E-state index in [9.17, 15) is 17.6 Å². The second kappa shape index (κ2) is 7.19. The zero-order valence-electron chi connectivity index (χ0n) is 12.6. The number of aryl methyl sites for hydroxylation is 1. The van der Waals surface area contributed by atoms with Gasteiger partial charge in [-0.2, -0.15) is 4.31 Å². The molecule has 0 aromatic heterocycles. The molecule has 1 fully saturated rings. The SMILES string of the molecule is CS(=O)(=O)N1CCCC1CNC(=O)CCc1ccccc1F. The van der Waals surface area contributed by atoms with Gasteiger partial charge in [0.25, 0.3) is 0 Å². The fourth-order valence-corrected chi connectivity index (χ4v) is 3.90. The van der Waals surface area contributed by atoms with Crippen molar-refractivity contribution in [3.05, 3.63) is 35.6 Å². The van der Waals surface area contributed by atoms with Gasteiger partial charge >= 0.3 is 0 Å². The number of amides is 1. The molecule has 0 aliphatic carbocycles. The minimum Gasteiger partial charge on any atom is -0.354 e. The Morgan fingerprint density at radius 1 is 1.41 bits per heavy atom. The van der Waals surface area contributed by atoms with Crippen LogP contribution in [-0.4, -0.2) is 44.0 Å². The van der Waals surface area contributed by atoms with Crippen molar-refractivity contribution in [3.8, 4) is 0 Å². The summed E-state index contributed by atoms with van der Waals surface area (Å²) < 4.78 is 38.1. The Labute approximate surface area is 130 Å². The van der Waals surface area contributed by atoms with Crippen LogP contribution in [0, 0.1) is 5.82 Å². The van der Waals surface area contributed by atoms with Crippen LogP contribution >= 0.6 is 0 Å². The van der Waals surface area contributed by atoms with E-state index in [2.05, 4.69) is 5.32 Å². The Kier molecular flexibility index (Phi) is 5.52. The predicted octanol–water partition coefficient (Wildman–Crippen LogP) is 1.30. The normalized spacial score (nSPS) is 19.3. The summed E-state index contributed by atoms with van der Waals surface area (Å²) in [5.41, 5.74) is 0.510. The first kappa shape index (κ1) is 16.9. The standard InChI is InChI=1S/C15H21FN2O3S/c1-22(20,21)18-10-4-6-13(18)11-17-15(19)9-8-12-5-2-3-7-14(12)16/h2-3,5,7,13H,4,6,8-11H2,1H3,(H,17,19). The Bertz CT molecular complexity index is 633. The number of hydrogen-bond acceptors (Lipinski definition) is 3. The van der Waals surface area contributed by atoms with Gasteiger partial charge in [0, 0.05) is 25.6 Å². The minimum atomic E-state index is -3.23. The summed E-state index contributed by atoms with van der Waals surface area (Å²) in [5.74, 6) is -0.502. The Balaban J connectivity index is 1.80. The molecule has 1 aliphatic rings. The maximum absolute atomic E-state index is 13.4. The van der Waals surface area contributed by atoms with Crippen molar-refractivity contribution in [3.63, 3.8) is 0 Å². The molecule has 0 saturated carbocycles. The largest absolute Gasteiger partial charge is 0.354 e. The molecule has 1 atom stereocenters. The van der Waals surface area contributed by atoms with E-state index in [1.807, 2.05) is 0 Å². The number of rotatable bonds is 6. The molecule has 0 radical (unpaired) electrons. The number of benzene rings is 1. The van der Waals surface area contributed by atoms with Crippen molar-refractivity contribution in [2.24, 2.45) is 0 Å². The summed E-state index contributed by atoms with van der Waals surface area (Å²) in [7, 11) is -3.23. The lowest BCUT2D eigenvalue weighted by Gasteiger charge is -2.22. The van der Waals surface area contributed by atoms with E-state index >= 15 is 0 Å². The van der Waals surface area contributed by atoms with E-state index in [1.54, 1.807) is 18.2 Å². The van der Waals surface area contributed by atoms with Gasteiger partial charge in [-0.15, -0.1) is 0 Å². The molecular formula is C15H21FN2O3S. The molecule has 1 saturated heterocycles. The average Bonchev–Trinajstić information content (AvgIpc) is 2.93. The summed E-state index contributed by atoms with van der Waals surface area (Å²) >= 11 is 0. The van der Waals surface area contributed by atoms with Crippen LogP contribution in [0.15, 0.2) is 24.3 Å². The lowest BCUT2D eigenvalue weighted by molar-refractivity contribution is -0.121. The van der Waals surface area contributed by atoms with Crippen LogP contribution in [0.25, 0.3) is 0 Å². The maximum Gasteiger partial charge on any atom is 0.220 e. The number of hydrogen-bond donors (Lipinski definition) is 1. The van der Waals surface area contributed by atoms with Crippen LogP contribution < -0.4 is 5.32 Å². The third-order valence-electron chi connectivity index (χ3n) is 3.86. The predicted molar refractivity (Wildman–Crippen MR) is 82.3 cm³/mol. The average molecular weight is 328 g/mol. The number of sulfonamides is 1. The van der Waals surface area contributed by atoms with Crippen LogP contribution in [0.5, 0.6) is 0 Å². The van der Waals surface area contributed by atoms with Crippen LogP contribution in [0.1, 0.15) is 24.8 Å². The molecule has 1 unspecified atom stereocenters. The molecule has 7 heteroatoms. The molecule has 1 N–H and O–H groups in total. The molecule has 1 aromatic rings. The summed E-state index contributed by atoms with van der Waals surface area (Å²) in [6.07, 6.45) is 3.26. The van der Waals surface area contributed by atoms with Gasteiger partial charge in [-0.1, -0.05) is 18.2 Å². The topological polar surface area (TPSA) is 66.5 Å². The zero-order chi connectivity index (χ0) is 16.2. The van der Waals surface area contributed by atoms with Gasteiger partial charge in [0.2, 0.25) is 15.9 Å². The summed E-state index contributed by atoms with van der Waals surface area (Å²) in [6, 6.07) is 6.20. The monoisotopic (exact) mass is 328 g/mol. The summed E-state index contributed by atoms with van der Waals surface area (Å²) in [6.45, 7) is 0.817. The molecule has 5 nitrogen and oxygen atoms in total. The number of carbonyl (C=O) groups is 1. The highest BCUT2D eigenvalue weighted by Crippen LogP contribution is 2.19. The van der Waals surface area contributed by atoms with Gasteiger partial charge in [-0.05, 0) is 30.9 Å². The summed E-state index contributed by atoms with van der Waals surface area (Å²) in [5, 5.41) is 2.75. The molecule has 1 heterocycles. The molecule has 2 rings (SSSR count). The van der Waals surface area contributed by atoms with Crippen molar-refractivity contribution >= 4 is 15.9 Å². The van der Waals surface area contributed by atoms with E-state index < -0.39 is 10.0 Å². The van der Waals surface area contributed by atoms with Gasteiger partial charge in [0.15, 0.2) is 0 Å². The fraction of sp³-hybridized carbons (Fsp3) is 0.533. The Morgan fingerprint density at radius 3 is 2.82 bits per heavy atom. The van der Waals surface area contributed by atoms with Crippen molar-refractivity contribution in [2.75, 3.05) is 19.3 Å². The minimum absolute atomic E-state index is 0.174. The molecule has 1 amide bonds. The van der Waals surface area contributed by atoms with Crippen molar-refractivity contribution in [2.45, 2.75) is 31.7 Å². The second-order valence-electron chi connectivity index (χ2n) is 5.57. The zero-order valence-corrected chi connectivity index (χ0v) is 13.4. The second-order valence-corrected chi connectivity index (χ2v) is 7.50. The van der Waals surface area contributed by atoms with Crippen LogP contribution in [0.4, 0.5) is 4.39 Å². The quantitative estimate of drug-likeness (QED) is 0.856. The van der Waals surface area contributed by atoms with Gasteiger partial charge in [-0.25, -0.2) is 12.8 Å². The van der Waals surface area contributed by atoms with Crippen LogP contribution in [0.3, 0.4) is 0 Å². The van der Waals surface area contributed by atoms with E-state index in [0.717, 1.165) is 12.8 Å². The van der Waals surface area contributed by atoms with Crippen LogP contribution in [0.2, 0.25) is 0 Å². The molecular weight excluding hydrogens is 307 g/mol. The number of nitrogens with zero attached hydrogens (tertiary/aromatic N) is 1. The molecule has 22 heavy (non-hydrogen) atoms. The third-order valence-corrected chi connectivity index (χ3v) is 5.20. The lowest BCUT2D eigenvalue weighted by atomic mass is 10.1. The van der Waals surface area contributed by atoms with Crippen molar-refractivity contribution in [1.29, 1.82) is 0 Å².